The van der Waals surface area contributed by atoms with E-state index in [2.05, 4.69) is 11.9 Å². The number of ether oxygens (including phenoxy) is 1. The molecular formula is C56H64N3O13S4+. The first kappa shape index (κ1) is 56.4. The van der Waals surface area contributed by atoms with Gasteiger partial charge in [-0.25, -0.2) is 0 Å². The van der Waals surface area contributed by atoms with E-state index in [9.17, 15) is 51.9 Å². The van der Waals surface area contributed by atoms with Crippen molar-refractivity contribution in [3.05, 3.63) is 161 Å². The van der Waals surface area contributed by atoms with Gasteiger partial charge in [-0.3, -0.25) is 18.2 Å². The number of anilines is 1. The van der Waals surface area contributed by atoms with E-state index in [1.165, 1.54) is 24.3 Å². The van der Waals surface area contributed by atoms with Gasteiger partial charge in [-0.05, 0) is 164 Å². The van der Waals surface area contributed by atoms with Gasteiger partial charge in [0.05, 0.1) is 26.7 Å². The summed E-state index contributed by atoms with van der Waals surface area (Å²) in [4.78, 5) is 1.52. The van der Waals surface area contributed by atoms with Crippen LogP contribution in [0.4, 0.5) is 11.4 Å². The molecule has 76 heavy (non-hydrogen) atoms. The Bertz CT molecular complexity index is 3800. The molecule has 0 bridgehead atoms. The smallest absolute Gasteiger partial charge is 0.294 e. The zero-order valence-electron chi connectivity index (χ0n) is 43.1. The van der Waals surface area contributed by atoms with Crippen LogP contribution >= 0.6 is 0 Å². The van der Waals surface area contributed by atoms with Crippen LogP contribution in [0.5, 0.6) is 5.75 Å². The lowest BCUT2D eigenvalue weighted by molar-refractivity contribution is -0.437. The van der Waals surface area contributed by atoms with Gasteiger partial charge >= 0.3 is 0 Å². The Kier molecular flexibility index (Phi) is 16.0. The number of rotatable bonds is 20. The van der Waals surface area contributed by atoms with Crippen molar-refractivity contribution in [1.29, 1.82) is 0 Å². The molecule has 16 nitrogen and oxygen atoms in total. The molecule has 0 spiro atoms. The number of hydrogen-bond donors (Lipinski definition) is 5. The molecule has 0 aromatic heterocycles. The van der Waals surface area contributed by atoms with E-state index in [1.54, 1.807) is 24.3 Å². The molecule has 20 heteroatoms. The van der Waals surface area contributed by atoms with E-state index < -0.39 is 62.8 Å². The summed E-state index contributed by atoms with van der Waals surface area (Å²) in [5.41, 5.74) is 7.29. The Morgan fingerprint density at radius 2 is 1.33 bits per heavy atom. The van der Waals surface area contributed by atoms with Crippen molar-refractivity contribution in [2.75, 3.05) is 42.6 Å². The van der Waals surface area contributed by atoms with Crippen LogP contribution in [0.1, 0.15) is 83.4 Å². The molecule has 8 rings (SSSR count). The monoisotopic (exact) mass is 1110 g/mol. The van der Waals surface area contributed by atoms with E-state index in [-0.39, 0.29) is 35.7 Å². The van der Waals surface area contributed by atoms with E-state index in [4.69, 9.17) is 4.74 Å². The summed E-state index contributed by atoms with van der Waals surface area (Å²) in [6.07, 6.45) is 11.0. The quantitative estimate of drug-likeness (QED) is 0.0211. The molecule has 2 heterocycles. The number of hydrogen-bond acceptors (Lipinski definition) is 11. The minimum absolute atomic E-state index is 0.0957. The second-order valence-corrected chi connectivity index (χ2v) is 26.8. The predicted molar refractivity (Wildman–Crippen MR) is 297 cm³/mol. The maximum Gasteiger partial charge on any atom is 0.294 e. The highest BCUT2D eigenvalue weighted by atomic mass is 32.2. The lowest BCUT2D eigenvalue weighted by Gasteiger charge is -2.27. The standard InChI is InChI=1S/C56H63N3O13S4/c1-37(2)36-57-29-28-38-12-18-43(19-13-38)72-54-39(16-26-50-55(3,4)52-46-22-20-44(75(66,67)68)34-41(46)14-24-48(52)58(50)30-8-32-73(60,61)62)10-7-11-40(54)17-27-51-56(5,6)53-47-23-21-45(76(69,70)71)35-42(47)15-25-49(53)59(51)31-9-33-74(63,64)65/h12-27,34-35,57H,1,7-11,28-33,36H2,2-6H3,(H3-,60,61,62,63,64,65,66,67,68,69,70,71)/p+1. The molecule has 5 N–H and O–H groups in total. The lowest BCUT2D eigenvalue weighted by atomic mass is 9.78. The van der Waals surface area contributed by atoms with Gasteiger partial charge in [-0.15, -0.1) is 0 Å². The summed E-state index contributed by atoms with van der Waals surface area (Å²) < 4.78 is 145. The molecule has 5 aromatic carbocycles. The summed E-state index contributed by atoms with van der Waals surface area (Å²) in [7, 11) is -17.6. The number of allylic oxidation sites excluding steroid dienone is 7. The average Bonchev–Trinajstić information content (AvgIpc) is 3.77. The van der Waals surface area contributed by atoms with Gasteiger partial charge in [0.1, 0.15) is 18.1 Å². The molecule has 0 saturated carbocycles. The van der Waals surface area contributed by atoms with Crippen LogP contribution in [0.2, 0.25) is 0 Å². The Balaban J connectivity index is 1.25. The number of nitrogens with zero attached hydrogens (tertiary/aromatic N) is 2. The van der Waals surface area contributed by atoms with Gasteiger partial charge in [0.25, 0.3) is 40.5 Å². The molecule has 0 saturated heterocycles. The molecule has 0 amide bonds. The summed E-state index contributed by atoms with van der Waals surface area (Å²) in [5, 5.41) is 6.04. The van der Waals surface area contributed by atoms with Crippen molar-refractivity contribution in [3.8, 4) is 5.75 Å². The van der Waals surface area contributed by atoms with Crippen LogP contribution in [0.3, 0.4) is 0 Å². The van der Waals surface area contributed by atoms with Crippen LogP contribution < -0.4 is 15.0 Å². The van der Waals surface area contributed by atoms with Gasteiger partial charge in [-0.2, -0.15) is 38.2 Å². The third kappa shape index (κ3) is 12.5. The van der Waals surface area contributed by atoms with Gasteiger partial charge in [-0.1, -0.05) is 62.4 Å². The molecule has 2 aliphatic heterocycles. The van der Waals surface area contributed by atoms with E-state index in [1.807, 2.05) is 105 Å². The van der Waals surface area contributed by atoms with Crippen LogP contribution in [-0.2, 0) is 57.7 Å². The maximum absolute atomic E-state index is 12.2. The van der Waals surface area contributed by atoms with Crippen molar-refractivity contribution >= 4 is 79.1 Å². The summed E-state index contributed by atoms with van der Waals surface area (Å²) in [6.45, 7) is 16.0. The topological polar surface area (TPSA) is 245 Å². The normalized spacial score (nSPS) is 17.9. The predicted octanol–water partition coefficient (Wildman–Crippen LogP) is 9.81. The highest BCUT2D eigenvalue weighted by Gasteiger charge is 2.46. The molecule has 0 atom stereocenters. The fourth-order valence-electron chi connectivity index (χ4n) is 10.8. The molecule has 404 valence electrons. The SMILES string of the molecule is C=C(C)CNCCc1ccc(OC2=C(/C=C/C3=[N+](CCCS(=O)(=O)O)c4ccc5cc(S(=O)(=O)O)ccc5c4C3(C)C)CCC/C2=C\C=C2/N(CCCS(=O)(=O)O)c3ccc4cc(S(=O)(=O)O)ccc4c3C2(C)C)cc1. The third-order valence-corrected chi connectivity index (χ3v) is 17.6. The van der Waals surface area contributed by atoms with E-state index >= 15 is 0 Å². The van der Waals surface area contributed by atoms with E-state index in [0.717, 1.165) is 92.9 Å². The maximum atomic E-state index is 12.2. The van der Waals surface area contributed by atoms with Crippen molar-refractivity contribution < 1.29 is 61.2 Å². The average molecular weight is 1120 g/mol. The van der Waals surface area contributed by atoms with Crippen molar-refractivity contribution in [2.45, 2.75) is 93.8 Å². The van der Waals surface area contributed by atoms with Gasteiger partial charge in [0.2, 0.25) is 5.69 Å². The summed E-state index contributed by atoms with van der Waals surface area (Å²) in [5.74, 6) is 0.270. The first-order chi connectivity index (χ1) is 35.5. The van der Waals surface area contributed by atoms with E-state index in [0.29, 0.717) is 35.1 Å². The minimum atomic E-state index is -4.49. The van der Waals surface area contributed by atoms with Crippen LogP contribution in [0.15, 0.2) is 154 Å². The van der Waals surface area contributed by atoms with Gasteiger partial charge in [0, 0.05) is 54.0 Å². The van der Waals surface area contributed by atoms with Gasteiger partial charge in [0.15, 0.2) is 5.71 Å². The second-order valence-electron chi connectivity index (χ2n) is 20.8. The first-order valence-electron chi connectivity index (χ1n) is 24.9. The first-order valence-corrected chi connectivity index (χ1v) is 31.0. The largest absolute Gasteiger partial charge is 0.457 e. The zero-order valence-corrected chi connectivity index (χ0v) is 46.3. The Morgan fingerprint density at radius 1 is 0.724 bits per heavy atom. The molecule has 0 radical (unpaired) electrons. The van der Waals surface area contributed by atoms with Crippen LogP contribution in [-0.4, -0.2) is 99.9 Å². The fourth-order valence-corrected chi connectivity index (χ4v) is 12.9. The molecule has 3 aliphatic rings. The minimum Gasteiger partial charge on any atom is -0.457 e. The number of nitrogens with one attached hydrogen (secondary N) is 1. The molecule has 0 unspecified atom stereocenters. The fraction of sp³-hybridized carbons (Fsp3) is 0.339. The molecule has 0 fully saturated rings. The molecule has 5 aromatic rings. The third-order valence-electron chi connectivity index (χ3n) is 14.3. The highest BCUT2D eigenvalue weighted by molar-refractivity contribution is 7.86. The van der Waals surface area contributed by atoms with Crippen molar-refractivity contribution in [3.63, 3.8) is 0 Å². The lowest BCUT2D eigenvalue weighted by Crippen LogP contribution is -2.28. The molecule has 1 aliphatic carbocycles. The van der Waals surface area contributed by atoms with Crippen LogP contribution in [0.25, 0.3) is 21.5 Å². The van der Waals surface area contributed by atoms with Crippen molar-refractivity contribution in [2.24, 2.45) is 0 Å². The Hall–Kier alpha value is -5.81. The Morgan fingerprint density at radius 3 is 1.93 bits per heavy atom. The highest BCUT2D eigenvalue weighted by Crippen LogP contribution is 2.51. The summed E-state index contributed by atoms with van der Waals surface area (Å²) in [6, 6.07) is 24.0. The molecular weight excluding hydrogens is 1050 g/mol. The van der Waals surface area contributed by atoms with Gasteiger partial charge < -0.3 is 15.0 Å². The van der Waals surface area contributed by atoms with Crippen LogP contribution in [0, 0.1) is 0 Å². The summed E-state index contributed by atoms with van der Waals surface area (Å²) >= 11 is 0. The second kappa shape index (κ2) is 21.5. The Labute approximate surface area is 445 Å². The zero-order chi connectivity index (χ0) is 55.2. The number of fused-ring (bicyclic) bond motifs is 6. The van der Waals surface area contributed by atoms with Crippen molar-refractivity contribution in [1.82, 2.24) is 5.32 Å². The number of benzene rings is 5.